The molecule has 0 aromatic carbocycles. The van der Waals surface area contributed by atoms with E-state index in [-0.39, 0.29) is 5.60 Å². The summed E-state index contributed by atoms with van der Waals surface area (Å²) in [6.07, 6.45) is 16.0. The highest BCUT2D eigenvalue weighted by Gasteiger charge is 2.57. The highest BCUT2D eigenvalue weighted by atomic mass is 16.3. The van der Waals surface area contributed by atoms with Gasteiger partial charge in [-0.1, -0.05) is 26.0 Å². The number of aliphatic hydroxyl groups is 1. The number of hydrogen-bond donors (Lipinski definition) is 1. The van der Waals surface area contributed by atoms with E-state index in [1.54, 1.807) is 17.2 Å². The zero-order valence-corrected chi connectivity index (χ0v) is 18.4. The molecule has 0 radical (unpaired) electrons. The highest BCUT2D eigenvalue weighted by molar-refractivity contribution is 5.15. The minimum atomic E-state index is -0.367. The lowest BCUT2D eigenvalue weighted by Gasteiger charge is -2.57. The Balaban J connectivity index is 1.31. The van der Waals surface area contributed by atoms with Crippen LogP contribution in [0.15, 0.2) is 24.5 Å². The predicted octanol–water partition coefficient (Wildman–Crippen LogP) is 5.24. The Morgan fingerprint density at radius 2 is 1.79 bits per heavy atom. The lowest BCUT2D eigenvalue weighted by Crippen LogP contribution is -2.51. The van der Waals surface area contributed by atoms with Crippen LogP contribution in [0.3, 0.4) is 0 Å². The van der Waals surface area contributed by atoms with Gasteiger partial charge in [-0.25, -0.2) is 0 Å². The van der Waals surface area contributed by atoms with Crippen molar-refractivity contribution in [3.63, 3.8) is 0 Å². The van der Waals surface area contributed by atoms with Gasteiger partial charge in [-0.3, -0.25) is 0 Å². The predicted molar refractivity (Wildman–Crippen MR) is 115 cm³/mol. The quantitative estimate of drug-likeness (QED) is 0.707. The minimum Gasteiger partial charge on any atom is -0.390 e. The Hall–Kier alpha value is -1.16. The molecular formula is C25H39N3O. The smallest absolute Gasteiger partial charge is 0.0817 e. The van der Waals surface area contributed by atoms with Crippen molar-refractivity contribution in [1.82, 2.24) is 15.0 Å². The Labute approximate surface area is 176 Å². The van der Waals surface area contributed by atoms with Crippen LogP contribution in [0.2, 0.25) is 0 Å². The number of rotatable bonds is 4. The van der Waals surface area contributed by atoms with Crippen molar-refractivity contribution in [1.29, 1.82) is 0 Å². The van der Waals surface area contributed by atoms with E-state index in [2.05, 4.69) is 30.6 Å². The van der Waals surface area contributed by atoms with Gasteiger partial charge in [0.1, 0.15) is 0 Å². The van der Waals surface area contributed by atoms with Crippen molar-refractivity contribution in [2.75, 3.05) is 0 Å². The third-order valence-electron chi connectivity index (χ3n) is 10.1. The SMILES string of the molecule is C=C(Cn1nccn1)[C@H]1CC[C@H]2[C@@H]3CC[C@H]4C[C@@](O)(CC)CC[C@@H]4[C@H]3CC[C@]12C. The first-order chi connectivity index (χ1) is 13.9. The van der Waals surface area contributed by atoms with Crippen LogP contribution in [0.4, 0.5) is 0 Å². The maximum Gasteiger partial charge on any atom is 0.0817 e. The summed E-state index contributed by atoms with van der Waals surface area (Å²) < 4.78 is 0. The number of allylic oxidation sites excluding steroid dienone is 1. The molecule has 4 heteroatoms. The van der Waals surface area contributed by atoms with Gasteiger partial charge in [0, 0.05) is 0 Å². The molecule has 1 aromatic heterocycles. The monoisotopic (exact) mass is 397 g/mol. The molecule has 5 rings (SSSR count). The van der Waals surface area contributed by atoms with Crippen LogP contribution in [0.25, 0.3) is 0 Å². The summed E-state index contributed by atoms with van der Waals surface area (Å²) in [5.74, 6) is 4.95. The standard InChI is InChI=1S/C25H39N3O/c1-4-25(29)12-10-19-18(15-25)5-6-21-20(19)9-11-24(3)22(7-8-23(21)24)17(2)16-28-26-13-14-27-28/h13-14,18-23,29H,2,4-12,15-16H2,1,3H3/t18-,19-,20+,21+,22+,23-,24+,25+/m0/s1. The van der Waals surface area contributed by atoms with Gasteiger partial charge < -0.3 is 5.11 Å². The van der Waals surface area contributed by atoms with Gasteiger partial charge in [-0.05, 0) is 105 Å². The molecule has 0 spiro atoms. The summed E-state index contributed by atoms with van der Waals surface area (Å²) in [5, 5.41) is 19.5. The summed E-state index contributed by atoms with van der Waals surface area (Å²) >= 11 is 0. The molecule has 1 N–H and O–H groups in total. The van der Waals surface area contributed by atoms with Crippen molar-refractivity contribution < 1.29 is 5.11 Å². The van der Waals surface area contributed by atoms with E-state index in [9.17, 15) is 5.11 Å². The molecule has 4 fully saturated rings. The fourth-order valence-corrected chi connectivity index (χ4v) is 8.57. The van der Waals surface area contributed by atoms with E-state index in [0.29, 0.717) is 11.3 Å². The Bertz CT molecular complexity index is 745. The van der Waals surface area contributed by atoms with E-state index in [0.717, 1.165) is 55.4 Å². The molecule has 4 aliphatic carbocycles. The average molecular weight is 398 g/mol. The van der Waals surface area contributed by atoms with E-state index in [4.69, 9.17) is 0 Å². The van der Waals surface area contributed by atoms with Gasteiger partial charge in [0.25, 0.3) is 0 Å². The number of aromatic nitrogens is 3. The summed E-state index contributed by atoms with van der Waals surface area (Å²) in [6, 6.07) is 0. The first-order valence-corrected chi connectivity index (χ1v) is 12.2. The zero-order chi connectivity index (χ0) is 20.2. The van der Waals surface area contributed by atoms with Crippen molar-refractivity contribution in [2.24, 2.45) is 40.9 Å². The summed E-state index contributed by atoms with van der Waals surface area (Å²) in [7, 11) is 0. The third-order valence-corrected chi connectivity index (χ3v) is 10.1. The molecule has 0 aliphatic heterocycles. The van der Waals surface area contributed by atoms with Gasteiger partial charge in [-0.15, -0.1) is 0 Å². The number of nitrogens with zero attached hydrogens (tertiary/aromatic N) is 3. The molecule has 0 bridgehead atoms. The molecular weight excluding hydrogens is 358 g/mol. The molecule has 1 heterocycles. The second kappa shape index (κ2) is 7.21. The van der Waals surface area contributed by atoms with Crippen LogP contribution in [0.5, 0.6) is 0 Å². The fourth-order valence-electron chi connectivity index (χ4n) is 8.57. The topological polar surface area (TPSA) is 50.9 Å². The maximum absolute atomic E-state index is 10.9. The van der Waals surface area contributed by atoms with E-state index in [1.165, 1.54) is 50.5 Å². The van der Waals surface area contributed by atoms with Gasteiger partial charge in [0.2, 0.25) is 0 Å². The molecule has 4 nitrogen and oxygen atoms in total. The van der Waals surface area contributed by atoms with Gasteiger partial charge >= 0.3 is 0 Å². The minimum absolute atomic E-state index is 0.367. The lowest BCUT2D eigenvalue weighted by atomic mass is 9.48. The molecule has 160 valence electrons. The second-order valence-electron chi connectivity index (χ2n) is 11.1. The van der Waals surface area contributed by atoms with Gasteiger partial charge in [0.15, 0.2) is 0 Å². The Morgan fingerprint density at radius 3 is 2.55 bits per heavy atom. The van der Waals surface area contributed by atoms with Crippen LogP contribution in [-0.2, 0) is 6.54 Å². The Morgan fingerprint density at radius 1 is 1.03 bits per heavy atom. The molecule has 0 amide bonds. The lowest BCUT2D eigenvalue weighted by molar-refractivity contribution is -0.105. The Kier molecular flexibility index (Phi) is 4.92. The summed E-state index contributed by atoms with van der Waals surface area (Å²) in [4.78, 5) is 1.80. The van der Waals surface area contributed by atoms with Crippen LogP contribution in [0, 0.1) is 40.9 Å². The third kappa shape index (κ3) is 3.21. The number of fused-ring (bicyclic) bond motifs is 5. The molecule has 0 unspecified atom stereocenters. The molecule has 8 atom stereocenters. The molecule has 29 heavy (non-hydrogen) atoms. The first kappa shape index (κ1) is 19.8. The van der Waals surface area contributed by atoms with E-state index in [1.807, 2.05) is 0 Å². The summed E-state index contributed by atoms with van der Waals surface area (Å²) in [5.41, 5.74) is 1.38. The second-order valence-corrected chi connectivity index (χ2v) is 11.1. The average Bonchev–Trinajstić information content (AvgIpc) is 3.34. The van der Waals surface area contributed by atoms with Crippen molar-refractivity contribution >= 4 is 0 Å². The van der Waals surface area contributed by atoms with Crippen molar-refractivity contribution in [3.05, 3.63) is 24.5 Å². The largest absolute Gasteiger partial charge is 0.390 e. The van der Waals surface area contributed by atoms with Gasteiger partial charge in [0.05, 0.1) is 24.5 Å². The van der Waals surface area contributed by atoms with Crippen LogP contribution >= 0.6 is 0 Å². The first-order valence-electron chi connectivity index (χ1n) is 12.2. The zero-order valence-electron chi connectivity index (χ0n) is 18.4. The maximum atomic E-state index is 10.9. The van der Waals surface area contributed by atoms with E-state index < -0.39 is 0 Å². The van der Waals surface area contributed by atoms with Crippen molar-refractivity contribution in [2.45, 2.75) is 90.2 Å². The molecule has 0 saturated heterocycles. The van der Waals surface area contributed by atoms with Crippen LogP contribution in [0.1, 0.15) is 78.1 Å². The molecule has 4 saturated carbocycles. The normalized spacial score (nSPS) is 46.6. The number of hydrogen-bond acceptors (Lipinski definition) is 3. The summed E-state index contributed by atoms with van der Waals surface area (Å²) in [6.45, 7) is 10.0. The van der Waals surface area contributed by atoms with Crippen LogP contribution in [-0.4, -0.2) is 25.7 Å². The fraction of sp³-hybridized carbons (Fsp3) is 0.840. The van der Waals surface area contributed by atoms with Gasteiger partial charge in [-0.2, -0.15) is 15.0 Å². The molecule has 4 aliphatic rings. The molecule has 1 aromatic rings. The van der Waals surface area contributed by atoms with Crippen LogP contribution < -0.4 is 0 Å². The highest BCUT2D eigenvalue weighted by Crippen LogP contribution is 2.65. The van der Waals surface area contributed by atoms with Crippen molar-refractivity contribution in [3.8, 4) is 0 Å². The van der Waals surface area contributed by atoms with E-state index >= 15 is 0 Å².